The number of alkyl halides is 1. The highest BCUT2D eigenvalue weighted by atomic mass is 79.9. The van der Waals surface area contributed by atoms with Gasteiger partial charge in [0.15, 0.2) is 0 Å². The molecule has 0 saturated heterocycles. The Labute approximate surface area is 95.0 Å². The fourth-order valence-corrected chi connectivity index (χ4v) is 3.12. The molecule has 1 aliphatic carbocycles. The molecule has 2 rings (SSSR count). The van der Waals surface area contributed by atoms with Crippen molar-refractivity contribution >= 4 is 15.9 Å². The number of hydrazine groups is 1. The summed E-state index contributed by atoms with van der Waals surface area (Å²) in [6, 6.07) is 0.793. The van der Waals surface area contributed by atoms with E-state index in [1.807, 2.05) is 0 Å². The highest BCUT2D eigenvalue weighted by Crippen LogP contribution is 2.27. The van der Waals surface area contributed by atoms with Crippen molar-refractivity contribution in [3.63, 3.8) is 0 Å². The third-order valence-corrected chi connectivity index (χ3v) is 4.02. The molecular formula is C11H19BrN2. The first-order valence-electron chi connectivity index (χ1n) is 5.58. The average molecular weight is 259 g/mol. The minimum absolute atomic E-state index is 0.793. The van der Waals surface area contributed by atoms with Gasteiger partial charge in [0, 0.05) is 30.7 Å². The summed E-state index contributed by atoms with van der Waals surface area (Å²) in [6.45, 7) is 1.11. The number of allylic oxidation sites excluding steroid dienone is 1. The van der Waals surface area contributed by atoms with E-state index in [2.05, 4.69) is 39.1 Å². The third kappa shape index (κ3) is 1.98. The van der Waals surface area contributed by atoms with Crippen LogP contribution in [0.5, 0.6) is 0 Å². The van der Waals surface area contributed by atoms with Crippen molar-refractivity contribution in [2.24, 2.45) is 0 Å². The molecule has 0 amide bonds. The Kier molecular flexibility index (Phi) is 3.50. The average Bonchev–Trinajstić information content (AvgIpc) is 2.61. The van der Waals surface area contributed by atoms with Crippen LogP contribution in [0.2, 0.25) is 0 Å². The summed E-state index contributed by atoms with van der Waals surface area (Å²) in [6.07, 6.45) is 9.37. The number of hydrogen-bond donors (Lipinski definition) is 0. The predicted octanol–water partition coefficient (Wildman–Crippen LogP) is 2.76. The second-order valence-electron chi connectivity index (χ2n) is 4.27. The largest absolute Gasteiger partial charge is 0.312 e. The second kappa shape index (κ2) is 4.67. The van der Waals surface area contributed by atoms with E-state index in [1.54, 1.807) is 0 Å². The number of halogens is 1. The van der Waals surface area contributed by atoms with Crippen molar-refractivity contribution in [2.45, 2.75) is 38.1 Å². The molecule has 0 unspecified atom stereocenters. The second-order valence-corrected chi connectivity index (χ2v) is 4.83. The molecule has 0 aromatic carbocycles. The van der Waals surface area contributed by atoms with Crippen molar-refractivity contribution in [1.29, 1.82) is 0 Å². The van der Waals surface area contributed by atoms with Crippen LogP contribution in [0.1, 0.15) is 32.1 Å². The Morgan fingerprint density at radius 1 is 1.36 bits per heavy atom. The zero-order valence-electron chi connectivity index (χ0n) is 8.88. The third-order valence-electron chi connectivity index (χ3n) is 3.45. The molecule has 0 aromatic heterocycles. The van der Waals surface area contributed by atoms with Gasteiger partial charge in [-0.3, -0.25) is 0 Å². The van der Waals surface area contributed by atoms with Gasteiger partial charge in [-0.2, -0.15) is 0 Å². The highest BCUT2D eigenvalue weighted by Gasteiger charge is 2.27. The van der Waals surface area contributed by atoms with Crippen molar-refractivity contribution in [3.05, 3.63) is 11.8 Å². The van der Waals surface area contributed by atoms with Crippen LogP contribution in [0.4, 0.5) is 0 Å². The van der Waals surface area contributed by atoms with Crippen molar-refractivity contribution in [2.75, 3.05) is 18.9 Å². The maximum absolute atomic E-state index is 3.53. The molecule has 0 atom stereocenters. The fourth-order valence-electron chi connectivity index (χ4n) is 2.53. The fraction of sp³-hybridized carbons (Fsp3) is 0.818. The van der Waals surface area contributed by atoms with Crippen molar-refractivity contribution < 1.29 is 0 Å². The van der Waals surface area contributed by atoms with Crippen molar-refractivity contribution in [3.8, 4) is 0 Å². The van der Waals surface area contributed by atoms with Crippen LogP contribution in [0.25, 0.3) is 0 Å². The molecule has 0 radical (unpaired) electrons. The van der Waals surface area contributed by atoms with E-state index >= 15 is 0 Å². The standard InChI is InChI=1S/C11H19BrN2/c1-13-11(9-12)7-8-14(13)10-5-3-2-4-6-10/h7,10H,2-6,8-9H2,1H3. The lowest BCUT2D eigenvalue weighted by atomic mass is 9.95. The Bertz CT molecular complexity index is 221. The van der Waals surface area contributed by atoms with Gasteiger partial charge in [-0.25, -0.2) is 5.01 Å². The van der Waals surface area contributed by atoms with Crippen LogP contribution >= 0.6 is 15.9 Å². The van der Waals surface area contributed by atoms with Crippen LogP contribution in [-0.4, -0.2) is 35.0 Å². The van der Waals surface area contributed by atoms with Crippen LogP contribution < -0.4 is 0 Å². The topological polar surface area (TPSA) is 6.48 Å². The minimum atomic E-state index is 0.793. The van der Waals surface area contributed by atoms with Gasteiger partial charge in [-0.15, -0.1) is 0 Å². The van der Waals surface area contributed by atoms with Gasteiger partial charge >= 0.3 is 0 Å². The molecule has 0 spiro atoms. The van der Waals surface area contributed by atoms with E-state index in [0.717, 1.165) is 17.9 Å². The lowest BCUT2D eigenvalue weighted by molar-refractivity contribution is 0.00448. The first-order valence-corrected chi connectivity index (χ1v) is 6.70. The van der Waals surface area contributed by atoms with E-state index in [9.17, 15) is 0 Å². The SMILES string of the molecule is CN1C(CBr)=CCN1C1CCCCC1. The summed E-state index contributed by atoms with van der Waals surface area (Å²) < 4.78 is 0. The molecule has 0 N–H and O–H groups in total. The summed E-state index contributed by atoms with van der Waals surface area (Å²) in [5.74, 6) is 0. The molecule has 0 bridgehead atoms. The van der Waals surface area contributed by atoms with E-state index in [4.69, 9.17) is 0 Å². The lowest BCUT2D eigenvalue weighted by Gasteiger charge is -2.37. The normalized spacial score (nSPS) is 25.6. The quantitative estimate of drug-likeness (QED) is 0.703. The molecular weight excluding hydrogens is 240 g/mol. The van der Waals surface area contributed by atoms with Gasteiger partial charge in [0.2, 0.25) is 0 Å². The van der Waals surface area contributed by atoms with Crippen LogP contribution in [-0.2, 0) is 0 Å². The zero-order chi connectivity index (χ0) is 9.97. The zero-order valence-corrected chi connectivity index (χ0v) is 10.5. The van der Waals surface area contributed by atoms with E-state index in [-0.39, 0.29) is 0 Å². The summed E-state index contributed by atoms with van der Waals surface area (Å²) in [5, 5.41) is 5.84. The Balaban J connectivity index is 1.93. The van der Waals surface area contributed by atoms with Gasteiger partial charge in [0.05, 0.1) is 0 Å². The molecule has 3 heteroatoms. The van der Waals surface area contributed by atoms with E-state index in [1.165, 1.54) is 37.8 Å². The molecule has 1 aliphatic heterocycles. The van der Waals surface area contributed by atoms with E-state index < -0.39 is 0 Å². The molecule has 1 saturated carbocycles. The van der Waals surface area contributed by atoms with Gasteiger partial charge in [0.25, 0.3) is 0 Å². The molecule has 1 heterocycles. The van der Waals surface area contributed by atoms with Gasteiger partial charge in [-0.05, 0) is 18.9 Å². The maximum atomic E-state index is 3.53. The van der Waals surface area contributed by atoms with Crippen molar-refractivity contribution in [1.82, 2.24) is 10.0 Å². The molecule has 2 aliphatic rings. The molecule has 80 valence electrons. The first-order chi connectivity index (χ1) is 6.83. The molecule has 14 heavy (non-hydrogen) atoms. The summed E-state index contributed by atoms with van der Waals surface area (Å²) in [5.41, 5.74) is 1.41. The summed E-state index contributed by atoms with van der Waals surface area (Å²) in [7, 11) is 2.19. The number of hydrogen-bond acceptors (Lipinski definition) is 2. The monoisotopic (exact) mass is 258 g/mol. The predicted molar refractivity (Wildman–Crippen MR) is 63.2 cm³/mol. The molecule has 2 nitrogen and oxygen atoms in total. The smallest absolute Gasteiger partial charge is 0.0444 e. The molecule has 1 fully saturated rings. The molecule has 0 aromatic rings. The first kappa shape index (κ1) is 10.5. The summed E-state index contributed by atoms with van der Waals surface area (Å²) in [4.78, 5) is 0. The maximum Gasteiger partial charge on any atom is 0.0444 e. The Morgan fingerprint density at radius 2 is 2.07 bits per heavy atom. The van der Waals surface area contributed by atoms with Gasteiger partial charge in [-0.1, -0.05) is 35.2 Å². The Hall–Kier alpha value is -0.0200. The minimum Gasteiger partial charge on any atom is -0.312 e. The van der Waals surface area contributed by atoms with Gasteiger partial charge < -0.3 is 5.01 Å². The van der Waals surface area contributed by atoms with Crippen LogP contribution in [0.15, 0.2) is 11.8 Å². The van der Waals surface area contributed by atoms with Gasteiger partial charge in [0.1, 0.15) is 0 Å². The highest BCUT2D eigenvalue weighted by molar-refractivity contribution is 9.09. The van der Waals surface area contributed by atoms with E-state index in [0.29, 0.717) is 0 Å². The lowest BCUT2D eigenvalue weighted by Crippen LogP contribution is -2.43. The van der Waals surface area contributed by atoms with Crippen LogP contribution in [0, 0.1) is 0 Å². The van der Waals surface area contributed by atoms with Crippen LogP contribution in [0.3, 0.4) is 0 Å². The number of nitrogens with zero attached hydrogens (tertiary/aromatic N) is 2. The Morgan fingerprint density at radius 3 is 2.64 bits per heavy atom. The summed E-state index contributed by atoms with van der Waals surface area (Å²) >= 11 is 3.53. The number of rotatable bonds is 2.